The molecular formula is C18H20F4O3. The Morgan fingerprint density at radius 2 is 1.52 bits per heavy atom. The molecule has 0 N–H and O–H groups in total. The first-order valence-electron chi connectivity index (χ1n) is 7.80. The van der Waals surface area contributed by atoms with E-state index in [1.807, 2.05) is 26.8 Å². The number of rotatable bonds is 6. The van der Waals surface area contributed by atoms with Gasteiger partial charge in [-0.1, -0.05) is 26.0 Å². The zero-order chi connectivity index (χ0) is 18.9. The van der Waals surface area contributed by atoms with Crippen LogP contribution >= 0.6 is 0 Å². The summed E-state index contributed by atoms with van der Waals surface area (Å²) >= 11 is 0. The molecule has 1 fully saturated rings. The van der Waals surface area contributed by atoms with E-state index in [4.69, 9.17) is 4.74 Å². The Balaban J connectivity index is 2.18. The Kier molecular flexibility index (Phi) is 5.56. The molecule has 1 saturated carbocycles. The van der Waals surface area contributed by atoms with Gasteiger partial charge in [0.15, 0.2) is 23.3 Å². The molecule has 25 heavy (non-hydrogen) atoms. The number of carbonyl (C=O) groups is 1. The van der Waals surface area contributed by atoms with Crippen LogP contribution in [-0.2, 0) is 27.5 Å². The smallest absolute Gasteiger partial charge is 0.310 e. The third-order valence-corrected chi connectivity index (χ3v) is 4.66. The summed E-state index contributed by atoms with van der Waals surface area (Å²) in [6.45, 7) is 4.04. The van der Waals surface area contributed by atoms with Crippen LogP contribution in [0, 0.1) is 40.5 Å². The number of hydrogen-bond donors (Lipinski definition) is 0. The number of halogens is 4. The molecule has 2 atom stereocenters. The van der Waals surface area contributed by atoms with E-state index in [0.29, 0.717) is 0 Å². The molecule has 7 heteroatoms. The summed E-state index contributed by atoms with van der Waals surface area (Å²) in [7, 11) is 1.14. The number of hydrogen-bond acceptors (Lipinski definition) is 3. The standard InChI is InChI=1S/C18H20F4O3/c1-5-6-11-12(18(11,2)3)17(23)25-8-10-15(21)13(19)9(7-24-4)14(20)16(10)22/h5-6,11-12H,7-8H2,1-4H3/t11-,12?/m1/s1. The third-order valence-electron chi connectivity index (χ3n) is 4.66. The van der Waals surface area contributed by atoms with Crippen molar-refractivity contribution < 1.29 is 31.8 Å². The molecule has 2 rings (SSSR count). The Morgan fingerprint density at radius 3 is 1.96 bits per heavy atom. The minimum atomic E-state index is -1.58. The second-order valence-corrected chi connectivity index (χ2v) is 6.60. The molecule has 1 unspecified atom stereocenters. The van der Waals surface area contributed by atoms with E-state index in [-0.39, 0.29) is 11.3 Å². The molecule has 0 saturated heterocycles. The van der Waals surface area contributed by atoms with Crippen molar-refractivity contribution in [2.45, 2.75) is 34.0 Å². The lowest BCUT2D eigenvalue weighted by molar-refractivity contribution is -0.147. The minimum Gasteiger partial charge on any atom is -0.460 e. The van der Waals surface area contributed by atoms with Gasteiger partial charge in [0.2, 0.25) is 0 Å². The highest BCUT2D eigenvalue weighted by atomic mass is 19.2. The Bertz CT molecular complexity index is 684. The highest BCUT2D eigenvalue weighted by Crippen LogP contribution is 2.59. The van der Waals surface area contributed by atoms with Gasteiger partial charge in [-0.3, -0.25) is 4.79 Å². The van der Waals surface area contributed by atoms with Crippen LogP contribution in [0.25, 0.3) is 0 Å². The van der Waals surface area contributed by atoms with E-state index in [1.165, 1.54) is 0 Å². The summed E-state index contributed by atoms with van der Waals surface area (Å²) < 4.78 is 65.2. The molecule has 0 amide bonds. The van der Waals surface area contributed by atoms with Crippen molar-refractivity contribution in [3.05, 3.63) is 46.5 Å². The molecule has 0 spiro atoms. The first-order chi connectivity index (χ1) is 11.7. The van der Waals surface area contributed by atoms with Crippen molar-refractivity contribution in [3.8, 4) is 0 Å². The second kappa shape index (κ2) is 7.15. The van der Waals surface area contributed by atoms with Crippen LogP contribution in [0.4, 0.5) is 17.6 Å². The molecule has 1 aliphatic carbocycles. The quantitative estimate of drug-likeness (QED) is 0.329. The summed E-state index contributed by atoms with van der Waals surface area (Å²) in [5.74, 6) is -7.43. The van der Waals surface area contributed by atoms with Crippen LogP contribution in [0.2, 0.25) is 0 Å². The topological polar surface area (TPSA) is 35.5 Å². The molecule has 0 aliphatic heterocycles. The van der Waals surface area contributed by atoms with E-state index >= 15 is 0 Å². The lowest BCUT2D eigenvalue weighted by atomic mass is 10.1. The monoisotopic (exact) mass is 360 g/mol. The summed E-state index contributed by atoms with van der Waals surface area (Å²) in [5, 5.41) is 0. The normalized spacial score (nSPS) is 21.6. The van der Waals surface area contributed by atoms with Gasteiger partial charge in [-0.05, 0) is 18.3 Å². The molecule has 1 aliphatic rings. The maximum Gasteiger partial charge on any atom is 0.310 e. The number of methoxy groups -OCH3 is 1. The number of esters is 1. The molecule has 138 valence electrons. The predicted octanol–water partition coefficient (Wildman–Crippen LogP) is 4.28. The van der Waals surface area contributed by atoms with Gasteiger partial charge in [-0.15, -0.1) is 0 Å². The van der Waals surface area contributed by atoms with E-state index in [0.717, 1.165) is 7.11 Å². The first kappa shape index (κ1) is 19.4. The fraction of sp³-hybridized carbons (Fsp3) is 0.500. The van der Waals surface area contributed by atoms with Gasteiger partial charge in [-0.25, -0.2) is 17.6 Å². The van der Waals surface area contributed by atoms with Gasteiger partial charge in [-0.2, -0.15) is 0 Å². The maximum atomic E-state index is 14.0. The van der Waals surface area contributed by atoms with Gasteiger partial charge < -0.3 is 9.47 Å². The van der Waals surface area contributed by atoms with Gasteiger partial charge in [0, 0.05) is 7.11 Å². The number of allylic oxidation sites excluding steroid dienone is 2. The molecule has 3 nitrogen and oxygen atoms in total. The van der Waals surface area contributed by atoms with Crippen LogP contribution < -0.4 is 0 Å². The lowest BCUT2D eigenvalue weighted by Gasteiger charge is -2.12. The molecule has 0 heterocycles. The maximum absolute atomic E-state index is 14.0. The van der Waals surface area contributed by atoms with Crippen molar-refractivity contribution in [2.24, 2.45) is 17.3 Å². The zero-order valence-electron chi connectivity index (χ0n) is 14.5. The fourth-order valence-corrected chi connectivity index (χ4v) is 3.05. The predicted molar refractivity (Wildman–Crippen MR) is 82.4 cm³/mol. The SMILES string of the molecule is CC=C[C@@H]1C(C(=O)OCc2c(F)c(F)c(COC)c(F)c2F)C1(C)C. The summed E-state index contributed by atoms with van der Waals surface area (Å²) in [6.07, 6.45) is 3.66. The molecule has 0 radical (unpaired) electrons. The van der Waals surface area contributed by atoms with Crippen LogP contribution in [-0.4, -0.2) is 13.1 Å². The minimum absolute atomic E-state index is 0.0442. The van der Waals surface area contributed by atoms with Crippen LogP contribution in [0.1, 0.15) is 31.9 Å². The second-order valence-electron chi connectivity index (χ2n) is 6.60. The third kappa shape index (κ3) is 3.42. The number of carbonyl (C=O) groups excluding carboxylic acids is 1. The van der Waals surface area contributed by atoms with Crippen molar-refractivity contribution in [2.75, 3.05) is 7.11 Å². The number of ether oxygens (including phenoxy) is 2. The van der Waals surface area contributed by atoms with Gasteiger partial charge in [0.1, 0.15) is 6.61 Å². The van der Waals surface area contributed by atoms with Crippen molar-refractivity contribution in [3.63, 3.8) is 0 Å². The van der Waals surface area contributed by atoms with Crippen LogP contribution in [0.5, 0.6) is 0 Å². The van der Waals surface area contributed by atoms with Crippen LogP contribution in [0.15, 0.2) is 12.2 Å². The summed E-state index contributed by atoms with van der Waals surface area (Å²) in [5.41, 5.74) is -2.13. The molecular weight excluding hydrogens is 340 g/mol. The molecule has 1 aromatic rings. The largest absolute Gasteiger partial charge is 0.460 e. The Morgan fingerprint density at radius 1 is 1.04 bits per heavy atom. The molecule has 0 aromatic heterocycles. The average Bonchev–Trinajstić information content (AvgIpc) is 3.10. The highest BCUT2D eigenvalue weighted by Gasteiger charge is 2.61. The van der Waals surface area contributed by atoms with Crippen molar-refractivity contribution >= 4 is 5.97 Å². The van der Waals surface area contributed by atoms with Crippen LogP contribution in [0.3, 0.4) is 0 Å². The lowest BCUT2D eigenvalue weighted by Crippen LogP contribution is -2.15. The number of benzene rings is 1. The van der Waals surface area contributed by atoms with Crippen molar-refractivity contribution in [1.82, 2.24) is 0 Å². The van der Waals surface area contributed by atoms with Gasteiger partial charge in [0.05, 0.1) is 23.7 Å². The first-order valence-corrected chi connectivity index (χ1v) is 7.80. The van der Waals surface area contributed by atoms with Gasteiger partial charge >= 0.3 is 5.97 Å². The fourth-order valence-electron chi connectivity index (χ4n) is 3.05. The van der Waals surface area contributed by atoms with E-state index in [9.17, 15) is 22.4 Å². The zero-order valence-corrected chi connectivity index (χ0v) is 14.5. The van der Waals surface area contributed by atoms with E-state index in [2.05, 4.69) is 4.74 Å². The summed E-state index contributed by atoms with van der Waals surface area (Å²) in [4.78, 5) is 12.1. The molecule has 1 aromatic carbocycles. The Hall–Kier alpha value is -1.89. The highest BCUT2D eigenvalue weighted by molar-refractivity contribution is 5.78. The Labute approximate surface area is 143 Å². The average molecular weight is 360 g/mol. The van der Waals surface area contributed by atoms with Crippen molar-refractivity contribution in [1.29, 1.82) is 0 Å². The summed E-state index contributed by atoms with van der Waals surface area (Å²) in [6, 6.07) is 0. The van der Waals surface area contributed by atoms with Gasteiger partial charge in [0.25, 0.3) is 0 Å². The van der Waals surface area contributed by atoms with E-state index < -0.39 is 59.5 Å². The van der Waals surface area contributed by atoms with E-state index in [1.54, 1.807) is 6.08 Å². The molecule has 0 bridgehead atoms.